The maximum Gasteiger partial charge on any atom is 1.00 e. The van der Waals surface area contributed by atoms with E-state index in [0.29, 0.717) is 19.5 Å². The molecule has 1 heterocycles. The molecule has 0 spiro atoms. The van der Waals surface area contributed by atoms with E-state index in [9.17, 15) is 17.8 Å². The Labute approximate surface area is 242 Å². The van der Waals surface area contributed by atoms with Crippen LogP contribution in [0.25, 0.3) is 0 Å². The van der Waals surface area contributed by atoms with E-state index in [1.165, 1.54) is 70.6 Å². The van der Waals surface area contributed by atoms with Crippen LogP contribution < -0.4 is 29.6 Å². The molecule has 1 aliphatic rings. The van der Waals surface area contributed by atoms with Crippen molar-refractivity contribution in [1.82, 2.24) is 9.80 Å². The first-order chi connectivity index (χ1) is 16.8. The van der Waals surface area contributed by atoms with Crippen molar-refractivity contribution in [3.05, 3.63) is 12.2 Å². The van der Waals surface area contributed by atoms with Crippen molar-refractivity contribution >= 4 is 16.1 Å². The van der Waals surface area contributed by atoms with E-state index in [4.69, 9.17) is 10.2 Å². The van der Waals surface area contributed by atoms with E-state index in [-0.39, 0.29) is 41.9 Å². The molecule has 1 saturated heterocycles. The number of piperazine rings is 1. The number of hydrogen-bond donors (Lipinski definition) is 2. The Morgan fingerprint density at radius 1 is 0.806 bits per heavy atom. The molecule has 36 heavy (non-hydrogen) atoms. The Hall–Kier alpha value is -0.000000000000000222. The molecule has 8 nitrogen and oxygen atoms in total. The van der Waals surface area contributed by atoms with Gasteiger partial charge in [0.25, 0.3) is 0 Å². The van der Waals surface area contributed by atoms with Crippen LogP contribution in [0.1, 0.15) is 96.8 Å². The van der Waals surface area contributed by atoms with Crippen LogP contribution in [-0.2, 0) is 14.9 Å². The quantitative estimate of drug-likeness (QED) is 0.102. The third-order valence-corrected chi connectivity index (χ3v) is 6.87. The molecule has 1 fully saturated rings. The van der Waals surface area contributed by atoms with Gasteiger partial charge in [0.1, 0.15) is 0 Å². The first-order valence-electron chi connectivity index (χ1n) is 13.6. The molecule has 0 radical (unpaired) electrons. The second kappa shape index (κ2) is 26.6. The fraction of sp³-hybridized carbons (Fsp3) is 0.885. The van der Waals surface area contributed by atoms with Crippen LogP contribution in [0.2, 0.25) is 0 Å². The van der Waals surface area contributed by atoms with Gasteiger partial charge < -0.3 is 14.8 Å². The molecule has 2 N–H and O–H groups in total. The fourth-order valence-electron chi connectivity index (χ4n) is 3.97. The van der Waals surface area contributed by atoms with E-state index in [1.807, 2.05) is 4.90 Å². The molecule has 0 bridgehead atoms. The normalized spacial score (nSPS) is 14.9. The summed E-state index contributed by atoms with van der Waals surface area (Å²) < 4.78 is 31.2. The van der Waals surface area contributed by atoms with Gasteiger partial charge in [-0.2, -0.15) is 0 Å². The molecule has 0 aromatic heterocycles. The molecular weight excluding hydrogens is 491 g/mol. The predicted octanol–water partition coefficient (Wildman–Crippen LogP) is 1.25. The molecule has 0 atom stereocenters. The van der Waals surface area contributed by atoms with Gasteiger partial charge in [-0.25, -0.2) is 8.42 Å². The number of carbonyl (C=O) groups is 1. The average molecular weight is 543 g/mol. The summed E-state index contributed by atoms with van der Waals surface area (Å²) in [5.74, 6) is -0.977. The van der Waals surface area contributed by atoms with Gasteiger partial charge in [-0.15, -0.1) is 0 Å². The zero-order chi connectivity index (χ0) is 26.2. The van der Waals surface area contributed by atoms with Gasteiger partial charge >= 0.3 is 35.5 Å². The minimum Gasteiger partial charge on any atom is -0.748 e. The number of aliphatic hydroxyl groups excluding tert-OH is 1. The molecule has 0 aliphatic carbocycles. The van der Waals surface area contributed by atoms with Crippen LogP contribution in [0.4, 0.5) is 0 Å². The number of β-amino-alcohol motifs (C(OH)–C–C–N with tert-alkyl or cyclic N) is 1. The van der Waals surface area contributed by atoms with Crippen molar-refractivity contribution in [2.24, 2.45) is 0 Å². The summed E-state index contributed by atoms with van der Waals surface area (Å²) in [4.78, 5) is 14.4. The largest absolute Gasteiger partial charge is 1.00 e. The van der Waals surface area contributed by atoms with Gasteiger partial charge in [0.15, 0.2) is 0 Å². The van der Waals surface area contributed by atoms with Crippen LogP contribution >= 0.6 is 0 Å². The number of aliphatic carboxylic acids is 1. The number of aliphatic hydroxyl groups is 1. The topological polar surface area (TPSA) is 121 Å². The summed E-state index contributed by atoms with van der Waals surface area (Å²) in [5.41, 5.74) is 0. The summed E-state index contributed by atoms with van der Waals surface area (Å²) in [6.45, 7) is 6.54. The second-order valence-corrected chi connectivity index (χ2v) is 10.9. The Kier molecular flexibility index (Phi) is 28.2. The van der Waals surface area contributed by atoms with Crippen LogP contribution in [0.15, 0.2) is 12.2 Å². The second-order valence-electron chi connectivity index (χ2n) is 9.40. The smallest absolute Gasteiger partial charge is 0.748 e. The van der Waals surface area contributed by atoms with Gasteiger partial charge in [0.05, 0.1) is 22.5 Å². The minimum absolute atomic E-state index is 0. The third-order valence-electron chi connectivity index (χ3n) is 6.19. The maximum atomic E-state index is 10.4. The Morgan fingerprint density at radius 2 is 1.25 bits per heavy atom. The molecule has 0 aromatic carbocycles. The average Bonchev–Trinajstić information content (AvgIpc) is 2.81. The number of hydrogen-bond acceptors (Lipinski definition) is 7. The predicted molar refractivity (Wildman–Crippen MR) is 142 cm³/mol. The van der Waals surface area contributed by atoms with Crippen LogP contribution in [0.5, 0.6) is 0 Å². The molecule has 0 amide bonds. The summed E-state index contributed by atoms with van der Waals surface area (Å²) in [6, 6.07) is 0. The molecule has 1 rings (SSSR count). The van der Waals surface area contributed by atoms with E-state index < -0.39 is 16.1 Å². The summed E-state index contributed by atoms with van der Waals surface area (Å²) >= 11 is 0. The number of rotatable bonds is 20. The number of allylic oxidation sites excluding steroid dienone is 2. The first kappa shape index (κ1) is 38.1. The van der Waals surface area contributed by atoms with Crippen molar-refractivity contribution in [3.63, 3.8) is 0 Å². The molecule has 208 valence electrons. The molecule has 0 aromatic rings. The summed E-state index contributed by atoms with van der Waals surface area (Å²) in [5, 5.41) is 17.2. The Balaban J connectivity index is 0. The Bertz CT molecular complexity index is 626. The van der Waals surface area contributed by atoms with Gasteiger partial charge in [-0.1, -0.05) is 70.4 Å². The molecule has 0 saturated carbocycles. The number of carboxylic acids is 1. The number of unbranched alkanes of at least 4 members (excludes halogenated alkanes) is 11. The van der Waals surface area contributed by atoms with E-state index >= 15 is 0 Å². The maximum absolute atomic E-state index is 10.4. The summed E-state index contributed by atoms with van der Waals surface area (Å²) in [7, 11) is -4.09. The van der Waals surface area contributed by atoms with Crippen molar-refractivity contribution < 1.29 is 57.5 Å². The third kappa shape index (κ3) is 28.6. The van der Waals surface area contributed by atoms with Crippen molar-refractivity contribution in [1.29, 1.82) is 0 Å². The molecule has 0 unspecified atom stereocenters. The van der Waals surface area contributed by atoms with Gasteiger partial charge in [-0.05, 0) is 32.1 Å². The van der Waals surface area contributed by atoms with Gasteiger partial charge in [-0.3, -0.25) is 14.6 Å². The number of nitrogens with zero attached hydrogens (tertiary/aromatic N) is 2. The molecule has 1 aliphatic heterocycles. The zero-order valence-electron chi connectivity index (χ0n) is 23.0. The zero-order valence-corrected chi connectivity index (χ0v) is 25.9. The van der Waals surface area contributed by atoms with Crippen molar-refractivity contribution in [3.8, 4) is 0 Å². The minimum atomic E-state index is -4.09. The molecular formula is C26H51N2NaO6S. The Morgan fingerprint density at radius 3 is 1.69 bits per heavy atom. The van der Waals surface area contributed by atoms with Gasteiger partial charge in [0.2, 0.25) is 0 Å². The monoisotopic (exact) mass is 542 g/mol. The van der Waals surface area contributed by atoms with E-state index in [0.717, 1.165) is 39.0 Å². The van der Waals surface area contributed by atoms with E-state index in [2.05, 4.69) is 24.0 Å². The van der Waals surface area contributed by atoms with Crippen LogP contribution in [0, 0.1) is 0 Å². The van der Waals surface area contributed by atoms with Crippen molar-refractivity contribution in [2.45, 2.75) is 96.8 Å². The number of carboxylic acid groups (broad SMARTS) is 1. The standard InChI is InChI=1S/C18H34O2.C8H18N2O4S.Na/c1-2-3-4-5-6-7-8-9-10-11-12-13-14-15-16-17-18(19)20;11-7-5-9-1-3-10(4-2-9)6-8-15(12,13)14;/h9-10H,2-8,11-17H2,1H3,(H,19,20);11H,1-8H2,(H,12,13,14);/q;;+1/p-1. The van der Waals surface area contributed by atoms with E-state index in [1.54, 1.807) is 0 Å². The summed E-state index contributed by atoms with van der Waals surface area (Å²) in [6.07, 6.45) is 21.2. The first-order valence-corrected chi connectivity index (χ1v) is 15.2. The van der Waals surface area contributed by atoms with Gasteiger partial charge in [0, 0.05) is 45.7 Å². The van der Waals surface area contributed by atoms with Crippen LogP contribution in [-0.4, -0.2) is 90.6 Å². The molecule has 10 heteroatoms. The van der Waals surface area contributed by atoms with Crippen LogP contribution in [0.3, 0.4) is 0 Å². The SMILES string of the molecule is CCCCCCCCC=CCCCCCCCC(=O)O.O=S(=O)([O-])CCN1CCN(CCO)CC1.[Na+]. The fourth-order valence-corrected chi connectivity index (χ4v) is 4.45. The van der Waals surface area contributed by atoms with Crippen molar-refractivity contribution in [2.75, 3.05) is 51.6 Å².